The molecule has 2 aromatic heterocycles. The van der Waals surface area contributed by atoms with E-state index in [0.29, 0.717) is 16.6 Å². The van der Waals surface area contributed by atoms with E-state index in [-0.39, 0.29) is 12.2 Å². The molecule has 0 aliphatic rings. The third kappa shape index (κ3) is 2.15. The number of aromatic nitrogens is 2. The molecule has 6 heteroatoms. The van der Waals surface area contributed by atoms with Crippen LogP contribution in [0.1, 0.15) is 22.8 Å². The lowest BCUT2D eigenvalue weighted by atomic mass is 10.1. The number of hydrogen-bond acceptors (Lipinski definition) is 4. The van der Waals surface area contributed by atoms with Crippen molar-refractivity contribution in [3.63, 3.8) is 0 Å². The monoisotopic (exact) mass is 310 g/mol. The molecule has 0 fully saturated rings. The first-order chi connectivity index (χ1) is 8.54. The van der Waals surface area contributed by atoms with Crippen LogP contribution < -0.4 is 5.56 Å². The van der Waals surface area contributed by atoms with Gasteiger partial charge in [-0.25, -0.2) is 9.78 Å². The second kappa shape index (κ2) is 4.89. The molecular weight excluding hydrogens is 300 g/mol. The lowest BCUT2D eigenvalue weighted by Crippen LogP contribution is -2.22. The van der Waals surface area contributed by atoms with Crippen molar-refractivity contribution in [2.45, 2.75) is 13.8 Å². The Morgan fingerprint density at radius 1 is 1.56 bits per heavy atom. The fourth-order valence-corrected chi connectivity index (χ4v) is 2.08. The number of hydrogen-bond donors (Lipinski definition) is 1. The van der Waals surface area contributed by atoms with Gasteiger partial charge in [0.2, 0.25) is 0 Å². The minimum absolute atomic E-state index is 0.0317. The summed E-state index contributed by atoms with van der Waals surface area (Å²) in [4.78, 5) is 30.3. The molecule has 2 rings (SSSR count). The van der Waals surface area contributed by atoms with Crippen LogP contribution in [0.25, 0.3) is 11.0 Å². The Kier molecular flexibility index (Phi) is 3.47. The molecule has 0 radical (unpaired) electrons. The van der Waals surface area contributed by atoms with E-state index in [2.05, 4.69) is 25.9 Å². The van der Waals surface area contributed by atoms with E-state index < -0.39 is 11.5 Å². The van der Waals surface area contributed by atoms with Crippen LogP contribution in [-0.2, 0) is 4.74 Å². The fraction of sp³-hybridized carbons (Fsp3) is 0.250. The van der Waals surface area contributed by atoms with E-state index in [1.165, 1.54) is 0 Å². The van der Waals surface area contributed by atoms with Gasteiger partial charge in [-0.05, 0) is 41.4 Å². The van der Waals surface area contributed by atoms with Crippen molar-refractivity contribution < 1.29 is 9.53 Å². The van der Waals surface area contributed by atoms with Crippen LogP contribution in [0.2, 0.25) is 0 Å². The highest BCUT2D eigenvalue weighted by Crippen LogP contribution is 2.20. The largest absolute Gasteiger partial charge is 0.462 e. The van der Waals surface area contributed by atoms with Crippen LogP contribution in [0.3, 0.4) is 0 Å². The molecule has 2 heterocycles. The van der Waals surface area contributed by atoms with Gasteiger partial charge in [-0.2, -0.15) is 0 Å². The van der Waals surface area contributed by atoms with Crippen LogP contribution in [0.15, 0.2) is 21.5 Å². The highest BCUT2D eigenvalue weighted by atomic mass is 79.9. The number of rotatable bonds is 2. The molecule has 0 amide bonds. The maximum absolute atomic E-state index is 11.8. The number of esters is 1. The first-order valence-electron chi connectivity index (χ1n) is 5.39. The molecule has 0 aliphatic heterocycles. The molecule has 2 aromatic rings. The van der Waals surface area contributed by atoms with Crippen molar-refractivity contribution in [2.24, 2.45) is 0 Å². The molecule has 0 aromatic carbocycles. The lowest BCUT2D eigenvalue weighted by Gasteiger charge is -2.07. The number of aryl methyl sites for hydroxylation is 1. The zero-order valence-electron chi connectivity index (χ0n) is 9.91. The zero-order valence-corrected chi connectivity index (χ0v) is 11.5. The van der Waals surface area contributed by atoms with Gasteiger partial charge in [-0.1, -0.05) is 0 Å². The Balaban J connectivity index is 2.75. The highest BCUT2D eigenvalue weighted by molar-refractivity contribution is 9.10. The first kappa shape index (κ1) is 12.8. The van der Waals surface area contributed by atoms with Crippen molar-refractivity contribution in [1.29, 1.82) is 0 Å². The second-order valence-corrected chi connectivity index (χ2v) is 4.64. The summed E-state index contributed by atoms with van der Waals surface area (Å²) in [5.41, 5.74) is 0.576. The van der Waals surface area contributed by atoms with Crippen LogP contribution >= 0.6 is 15.9 Å². The standard InChI is InChI=1S/C12H11BrN2O3/c1-3-18-12(17)9-6(2)8-4-7(13)5-14-10(8)15-11(9)16/h4-5H,3H2,1-2H3,(H,14,15,16). The van der Waals surface area contributed by atoms with Crippen molar-refractivity contribution >= 4 is 32.9 Å². The van der Waals surface area contributed by atoms with E-state index in [1.807, 2.05) is 0 Å². The summed E-state index contributed by atoms with van der Waals surface area (Å²) < 4.78 is 5.66. The smallest absolute Gasteiger partial charge is 0.344 e. The van der Waals surface area contributed by atoms with Crippen LogP contribution in [0.4, 0.5) is 0 Å². The number of carbonyl (C=O) groups is 1. The number of fused-ring (bicyclic) bond motifs is 1. The van der Waals surface area contributed by atoms with Gasteiger partial charge in [-0.15, -0.1) is 0 Å². The number of halogens is 1. The van der Waals surface area contributed by atoms with E-state index in [4.69, 9.17) is 4.74 Å². The van der Waals surface area contributed by atoms with E-state index in [0.717, 1.165) is 4.47 Å². The molecule has 1 N–H and O–H groups in total. The van der Waals surface area contributed by atoms with Gasteiger partial charge in [0.05, 0.1) is 6.61 Å². The fourth-order valence-electron chi connectivity index (χ4n) is 1.75. The first-order valence-corrected chi connectivity index (χ1v) is 6.19. The molecule has 0 aliphatic carbocycles. The molecule has 0 spiro atoms. The Hall–Kier alpha value is -1.69. The van der Waals surface area contributed by atoms with Gasteiger partial charge < -0.3 is 9.72 Å². The summed E-state index contributed by atoms with van der Waals surface area (Å²) in [6, 6.07) is 1.80. The molecule has 0 bridgehead atoms. The minimum Gasteiger partial charge on any atom is -0.462 e. The van der Waals surface area contributed by atoms with Gasteiger partial charge in [0.25, 0.3) is 5.56 Å². The molecule has 0 atom stereocenters. The second-order valence-electron chi connectivity index (χ2n) is 3.72. The Labute approximate surface area is 111 Å². The summed E-state index contributed by atoms with van der Waals surface area (Å²) in [5.74, 6) is -0.613. The summed E-state index contributed by atoms with van der Waals surface area (Å²) in [5, 5.41) is 0.715. The zero-order chi connectivity index (χ0) is 13.3. The van der Waals surface area contributed by atoms with Crippen LogP contribution in [0, 0.1) is 6.92 Å². The average Bonchev–Trinajstić information content (AvgIpc) is 2.31. The number of ether oxygens (including phenoxy) is 1. The molecule has 0 unspecified atom stereocenters. The Bertz CT molecular complexity index is 679. The third-order valence-corrected chi connectivity index (χ3v) is 3.01. The van der Waals surface area contributed by atoms with Crippen molar-refractivity contribution in [3.05, 3.63) is 38.2 Å². The molecule has 5 nitrogen and oxygen atoms in total. The van der Waals surface area contributed by atoms with Gasteiger partial charge in [0.15, 0.2) is 0 Å². The van der Waals surface area contributed by atoms with Crippen molar-refractivity contribution in [1.82, 2.24) is 9.97 Å². The van der Waals surface area contributed by atoms with E-state index in [9.17, 15) is 9.59 Å². The molecule has 0 saturated carbocycles. The third-order valence-electron chi connectivity index (χ3n) is 2.57. The summed E-state index contributed by atoms with van der Waals surface area (Å²) in [7, 11) is 0. The number of H-pyrrole nitrogens is 1. The molecule has 18 heavy (non-hydrogen) atoms. The van der Waals surface area contributed by atoms with Gasteiger partial charge in [-0.3, -0.25) is 4.79 Å². The van der Waals surface area contributed by atoms with Crippen molar-refractivity contribution in [2.75, 3.05) is 6.61 Å². The quantitative estimate of drug-likeness (QED) is 0.863. The average molecular weight is 311 g/mol. The number of aromatic amines is 1. The number of pyridine rings is 2. The maximum atomic E-state index is 11.8. The predicted molar refractivity (Wildman–Crippen MR) is 70.8 cm³/mol. The molecular formula is C12H11BrN2O3. The minimum atomic E-state index is -0.613. The van der Waals surface area contributed by atoms with Crippen LogP contribution in [-0.4, -0.2) is 22.5 Å². The number of nitrogens with zero attached hydrogens (tertiary/aromatic N) is 1. The van der Waals surface area contributed by atoms with Gasteiger partial charge >= 0.3 is 5.97 Å². The molecule has 0 saturated heterocycles. The Morgan fingerprint density at radius 3 is 2.94 bits per heavy atom. The van der Waals surface area contributed by atoms with E-state index in [1.54, 1.807) is 26.1 Å². The van der Waals surface area contributed by atoms with Crippen molar-refractivity contribution in [3.8, 4) is 0 Å². The number of carbonyl (C=O) groups excluding carboxylic acids is 1. The summed E-state index contributed by atoms with van der Waals surface area (Å²) in [6.45, 7) is 3.63. The summed E-state index contributed by atoms with van der Waals surface area (Å²) >= 11 is 3.31. The normalized spacial score (nSPS) is 10.6. The summed E-state index contributed by atoms with van der Waals surface area (Å²) in [6.07, 6.45) is 1.59. The lowest BCUT2D eigenvalue weighted by molar-refractivity contribution is 0.0523. The van der Waals surface area contributed by atoms with Crippen LogP contribution in [0.5, 0.6) is 0 Å². The molecule has 94 valence electrons. The van der Waals surface area contributed by atoms with Gasteiger partial charge in [0, 0.05) is 16.1 Å². The number of nitrogens with one attached hydrogen (secondary N) is 1. The topological polar surface area (TPSA) is 72.0 Å². The predicted octanol–water partition coefficient (Wildman–Crippen LogP) is 2.17. The SMILES string of the molecule is CCOC(=O)c1c(C)c2cc(Br)cnc2[nH]c1=O. The Morgan fingerprint density at radius 2 is 2.28 bits per heavy atom. The maximum Gasteiger partial charge on any atom is 0.344 e. The highest BCUT2D eigenvalue weighted by Gasteiger charge is 2.18. The van der Waals surface area contributed by atoms with E-state index >= 15 is 0 Å². The van der Waals surface area contributed by atoms with Gasteiger partial charge in [0.1, 0.15) is 11.2 Å².